The van der Waals surface area contributed by atoms with E-state index in [9.17, 15) is 5.11 Å². The van der Waals surface area contributed by atoms with Crippen molar-refractivity contribution in [2.24, 2.45) is 0 Å². The minimum Gasteiger partial charge on any atom is -0.497 e. The van der Waals surface area contributed by atoms with E-state index in [1.807, 2.05) is 6.07 Å². The van der Waals surface area contributed by atoms with Crippen LogP contribution in [-0.2, 0) is 0 Å². The SMILES string of the molecule is COc1ccc2c(c1)C(CO)CC2C. The first-order valence-electron chi connectivity index (χ1n) is 5.05. The van der Waals surface area contributed by atoms with Crippen LogP contribution in [0.2, 0.25) is 0 Å². The third kappa shape index (κ3) is 1.40. The maximum absolute atomic E-state index is 9.25. The molecule has 0 amide bonds. The predicted octanol–water partition coefficient (Wildman–Crippen LogP) is 2.28. The number of hydrogen-bond acceptors (Lipinski definition) is 2. The molecule has 0 aromatic heterocycles. The normalized spacial score (nSPS) is 24.8. The standard InChI is InChI=1S/C12H16O2/c1-8-5-9(7-13)12-6-10(14-2)3-4-11(8)12/h3-4,6,8-9,13H,5,7H2,1-2H3. The summed E-state index contributed by atoms with van der Waals surface area (Å²) in [6.45, 7) is 2.45. The quantitative estimate of drug-likeness (QED) is 0.779. The fourth-order valence-corrected chi connectivity index (χ4v) is 2.34. The second-order valence-electron chi connectivity index (χ2n) is 4.01. The zero-order valence-corrected chi connectivity index (χ0v) is 8.66. The number of benzene rings is 1. The average molecular weight is 192 g/mol. The number of hydrogen-bond donors (Lipinski definition) is 1. The zero-order valence-electron chi connectivity index (χ0n) is 8.66. The van der Waals surface area contributed by atoms with Crippen LogP contribution in [0.4, 0.5) is 0 Å². The monoisotopic (exact) mass is 192 g/mol. The average Bonchev–Trinajstić information content (AvgIpc) is 2.55. The topological polar surface area (TPSA) is 29.5 Å². The van der Waals surface area contributed by atoms with Crippen LogP contribution >= 0.6 is 0 Å². The van der Waals surface area contributed by atoms with Crippen molar-refractivity contribution in [3.63, 3.8) is 0 Å². The van der Waals surface area contributed by atoms with E-state index in [0.29, 0.717) is 11.8 Å². The maximum Gasteiger partial charge on any atom is 0.119 e. The Hall–Kier alpha value is -1.02. The van der Waals surface area contributed by atoms with Crippen molar-refractivity contribution >= 4 is 0 Å². The van der Waals surface area contributed by atoms with Crippen molar-refractivity contribution in [2.75, 3.05) is 13.7 Å². The van der Waals surface area contributed by atoms with Crippen LogP contribution in [0.3, 0.4) is 0 Å². The van der Waals surface area contributed by atoms with Crippen LogP contribution in [0.1, 0.15) is 36.3 Å². The van der Waals surface area contributed by atoms with Crippen LogP contribution in [-0.4, -0.2) is 18.8 Å². The summed E-state index contributed by atoms with van der Waals surface area (Å²) in [5.41, 5.74) is 2.63. The van der Waals surface area contributed by atoms with Crippen LogP contribution < -0.4 is 4.74 Å². The molecule has 0 spiro atoms. The molecule has 1 aromatic rings. The molecule has 2 heteroatoms. The van der Waals surface area contributed by atoms with Crippen LogP contribution in [0.25, 0.3) is 0 Å². The van der Waals surface area contributed by atoms with Gasteiger partial charge < -0.3 is 9.84 Å². The smallest absolute Gasteiger partial charge is 0.119 e. The summed E-state index contributed by atoms with van der Waals surface area (Å²) in [7, 11) is 1.67. The van der Waals surface area contributed by atoms with Gasteiger partial charge in [0.2, 0.25) is 0 Å². The highest BCUT2D eigenvalue weighted by Gasteiger charge is 2.27. The lowest BCUT2D eigenvalue weighted by atomic mass is 10.0. The third-order valence-corrected chi connectivity index (χ3v) is 3.12. The summed E-state index contributed by atoms with van der Waals surface area (Å²) in [6, 6.07) is 6.17. The number of aliphatic hydroxyl groups excluding tert-OH is 1. The minimum atomic E-state index is 0.241. The summed E-state index contributed by atoms with van der Waals surface area (Å²) >= 11 is 0. The summed E-state index contributed by atoms with van der Waals surface area (Å²) < 4.78 is 5.19. The van der Waals surface area contributed by atoms with Crippen LogP contribution in [0.15, 0.2) is 18.2 Å². The minimum absolute atomic E-state index is 0.241. The molecule has 0 saturated carbocycles. The van der Waals surface area contributed by atoms with Gasteiger partial charge in [-0.25, -0.2) is 0 Å². The van der Waals surface area contributed by atoms with Crippen LogP contribution in [0, 0.1) is 0 Å². The van der Waals surface area contributed by atoms with E-state index in [1.54, 1.807) is 7.11 Å². The van der Waals surface area contributed by atoms with Gasteiger partial charge in [0.1, 0.15) is 5.75 Å². The van der Waals surface area contributed by atoms with Gasteiger partial charge >= 0.3 is 0 Å². The molecule has 2 atom stereocenters. The fraction of sp³-hybridized carbons (Fsp3) is 0.500. The Balaban J connectivity index is 2.42. The van der Waals surface area contributed by atoms with Gasteiger partial charge in [0.25, 0.3) is 0 Å². The van der Waals surface area contributed by atoms with E-state index >= 15 is 0 Å². The van der Waals surface area contributed by atoms with Gasteiger partial charge in [0, 0.05) is 12.5 Å². The molecule has 1 aromatic carbocycles. The Morgan fingerprint density at radius 2 is 2.21 bits per heavy atom. The molecule has 14 heavy (non-hydrogen) atoms. The zero-order chi connectivity index (χ0) is 10.1. The van der Waals surface area contributed by atoms with Gasteiger partial charge in [-0.3, -0.25) is 0 Å². The van der Waals surface area contributed by atoms with Crippen molar-refractivity contribution in [1.29, 1.82) is 0 Å². The van der Waals surface area contributed by atoms with Gasteiger partial charge in [0.15, 0.2) is 0 Å². The van der Waals surface area contributed by atoms with Crippen molar-refractivity contribution in [2.45, 2.75) is 25.2 Å². The predicted molar refractivity (Wildman–Crippen MR) is 55.9 cm³/mol. The van der Waals surface area contributed by atoms with E-state index in [2.05, 4.69) is 19.1 Å². The maximum atomic E-state index is 9.25. The van der Waals surface area contributed by atoms with Crippen molar-refractivity contribution in [3.05, 3.63) is 29.3 Å². The fourth-order valence-electron chi connectivity index (χ4n) is 2.34. The lowest BCUT2D eigenvalue weighted by Gasteiger charge is -2.08. The van der Waals surface area contributed by atoms with Crippen molar-refractivity contribution in [3.8, 4) is 5.75 Å². The van der Waals surface area contributed by atoms with Crippen molar-refractivity contribution in [1.82, 2.24) is 0 Å². The number of fused-ring (bicyclic) bond motifs is 1. The molecule has 0 aliphatic heterocycles. The number of rotatable bonds is 2. The molecule has 0 bridgehead atoms. The first-order chi connectivity index (χ1) is 6.76. The van der Waals surface area contributed by atoms with Gasteiger partial charge in [-0.2, -0.15) is 0 Å². The first-order valence-corrected chi connectivity index (χ1v) is 5.05. The summed E-state index contributed by atoms with van der Waals surface area (Å²) in [6.07, 6.45) is 1.05. The number of methoxy groups -OCH3 is 1. The molecule has 1 aliphatic rings. The second-order valence-corrected chi connectivity index (χ2v) is 4.01. The molecular formula is C12H16O2. The van der Waals surface area contributed by atoms with Gasteiger partial charge in [-0.15, -0.1) is 0 Å². The molecule has 0 saturated heterocycles. The Morgan fingerprint density at radius 3 is 2.86 bits per heavy atom. The molecule has 0 radical (unpaired) electrons. The lowest BCUT2D eigenvalue weighted by Crippen LogP contribution is -1.99. The van der Waals surface area contributed by atoms with Gasteiger partial charge in [-0.05, 0) is 35.6 Å². The molecule has 2 nitrogen and oxygen atoms in total. The molecule has 1 N–H and O–H groups in total. The Kier molecular flexibility index (Phi) is 2.46. The van der Waals surface area contributed by atoms with E-state index < -0.39 is 0 Å². The third-order valence-electron chi connectivity index (χ3n) is 3.12. The van der Waals surface area contributed by atoms with Crippen molar-refractivity contribution < 1.29 is 9.84 Å². The second kappa shape index (κ2) is 3.62. The Bertz CT molecular complexity index is 333. The van der Waals surface area contributed by atoms with E-state index in [1.165, 1.54) is 11.1 Å². The number of aliphatic hydroxyl groups is 1. The Morgan fingerprint density at radius 1 is 1.43 bits per heavy atom. The number of ether oxygens (including phenoxy) is 1. The highest BCUT2D eigenvalue weighted by molar-refractivity contribution is 5.43. The van der Waals surface area contributed by atoms with Gasteiger partial charge in [-0.1, -0.05) is 13.0 Å². The van der Waals surface area contributed by atoms with E-state index in [4.69, 9.17) is 4.74 Å². The first kappa shape index (κ1) is 9.53. The lowest BCUT2D eigenvalue weighted by molar-refractivity contribution is 0.262. The van der Waals surface area contributed by atoms with E-state index in [-0.39, 0.29) is 6.61 Å². The highest BCUT2D eigenvalue weighted by atomic mass is 16.5. The molecule has 0 fully saturated rings. The summed E-state index contributed by atoms with van der Waals surface area (Å²) in [5.74, 6) is 1.75. The van der Waals surface area contributed by atoms with Gasteiger partial charge in [0.05, 0.1) is 7.11 Å². The molecule has 2 unspecified atom stereocenters. The van der Waals surface area contributed by atoms with E-state index in [0.717, 1.165) is 12.2 Å². The molecule has 0 heterocycles. The highest BCUT2D eigenvalue weighted by Crippen LogP contribution is 2.42. The molecule has 1 aliphatic carbocycles. The largest absolute Gasteiger partial charge is 0.497 e. The summed E-state index contributed by atoms with van der Waals surface area (Å²) in [4.78, 5) is 0. The summed E-state index contributed by atoms with van der Waals surface area (Å²) in [5, 5.41) is 9.25. The molecular weight excluding hydrogens is 176 g/mol. The molecule has 76 valence electrons. The Labute approximate surface area is 84.5 Å². The molecule has 2 rings (SSSR count). The van der Waals surface area contributed by atoms with Crippen LogP contribution in [0.5, 0.6) is 5.75 Å².